The van der Waals surface area contributed by atoms with Gasteiger partial charge in [-0.15, -0.1) is 22.7 Å². The Bertz CT molecular complexity index is 1610. The van der Waals surface area contributed by atoms with Gasteiger partial charge in [-0.25, -0.2) is 9.97 Å². The highest BCUT2D eigenvalue weighted by Gasteiger charge is 2.13. The Morgan fingerprint density at radius 1 is 0.658 bits per heavy atom. The van der Waals surface area contributed by atoms with Crippen LogP contribution in [0.4, 0.5) is 0 Å². The van der Waals surface area contributed by atoms with Crippen LogP contribution in [0.2, 0.25) is 14.4 Å². The van der Waals surface area contributed by atoms with Crippen molar-refractivity contribution >= 4 is 79.3 Å². The van der Waals surface area contributed by atoms with Gasteiger partial charge in [0.1, 0.15) is 14.4 Å². The molecule has 4 heterocycles. The lowest BCUT2D eigenvalue weighted by atomic mass is 10.1. The molecule has 6 rings (SSSR count). The van der Waals surface area contributed by atoms with Crippen molar-refractivity contribution in [3.63, 3.8) is 0 Å². The quantitative estimate of drug-likeness (QED) is 0.211. The van der Waals surface area contributed by atoms with E-state index in [2.05, 4.69) is 72.8 Å². The summed E-state index contributed by atoms with van der Waals surface area (Å²) in [5, 5.41) is 5.57. The van der Waals surface area contributed by atoms with Crippen LogP contribution in [-0.4, -0.2) is 19.9 Å². The van der Waals surface area contributed by atoms with Gasteiger partial charge in [0.2, 0.25) is 0 Å². The van der Waals surface area contributed by atoms with Gasteiger partial charge in [0, 0.05) is 55.4 Å². The number of nitrogens with one attached hydrogen (secondary N) is 2. The van der Waals surface area contributed by atoms with Crippen molar-refractivity contribution in [3.05, 3.63) is 79.4 Å². The van der Waals surface area contributed by atoms with Crippen molar-refractivity contribution in [2.75, 3.05) is 0 Å². The van der Waals surface area contributed by atoms with Crippen molar-refractivity contribution in [2.24, 2.45) is 0 Å². The van der Waals surface area contributed by atoms with E-state index in [4.69, 9.17) is 34.8 Å². The summed E-state index contributed by atoms with van der Waals surface area (Å²) in [5.74, 6) is 0.945. The summed E-state index contributed by atoms with van der Waals surface area (Å²) in [6, 6.07) is 12.4. The van der Waals surface area contributed by atoms with Crippen molar-refractivity contribution in [2.45, 2.75) is 46.5 Å². The lowest BCUT2D eigenvalue weighted by Gasteiger charge is -2.01. The third-order valence-corrected chi connectivity index (χ3v) is 8.98. The van der Waals surface area contributed by atoms with E-state index in [0.717, 1.165) is 48.0 Å². The van der Waals surface area contributed by atoms with Crippen LogP contribution >= 0.6 is 57.5 Å². The molecule has 0 saturated heterocycles. The predicted octanol–water partition coefficient (Wildman–Crippen LogP) is 11.1. The van der Waals surface area contributed by atoms with E-state index in [-0.39, 0.29) is 0 Å². The van der Waals surface area contributed by atoms with Gasteiger partial charge in [-0.3, -0.25) is 0 Å². The first-order valence-corrected chi connectivity index (χ1v) is 15.0. The number of fused-ring (bicyclic) bond motifs is 2. The molecule has 0 aliphatic rings. The van der Waals surface area contributed by atoms with Gasteiger partial charge in [-0.2, -0.15) is 0 Å². The van der Waals surface area contributed by atoms with Crippen molar-refractivity contribution < 1.29 is 0 Å². The van der Waals surface area contributed by atoms with Gasteiger partial charge in [0.15, 0.2) is 0 Å². The first kappa shape index (κ1) is 27.2. The number of aryl methyl sites for hydroxylation is 1. The Kier molecular flexibility index (Phi) is 7.90. The zero-order valence-corrected chi connectivity index (χ0v) is 25.5. The van der Waals surface area contributed by atoms with E-state index in [0.29, 0.717) is 21.2 Å². The first-order chi connectivity index (χ1) is 18.1. The second-order valence-electron chi connectivity index (χ2n) is 9.84. The molecule has 0 bridgehead atoms. The van der Waals surface area contributed by atoms with Gasteiger partial charge in [-0.1, -0.05) is 62.5 Å². The summed E-state index contributed by atoms with van der Waals surface area (Å²) in [7, 11) is 0. The molecule has 0 radical (unpaired) electrons. The Morgan fingerprint density at radius 2 is 1.13 bits per heavy atom. The molecule has 4 nitrogen and oxygen atoms in total. The number of rotatable bonds is 4. The molecule has 196 valence electrons. The van der Waals surface area contributed by atoms with Crippen LogP contribution in [0.5, 0.6) is 0 Å². The van der Waals surface area contributed by atoms with Crippen LogP contribution in [0.1, 0.15) is 55.8 Å². The maximum absolute atomic E-state index is 6.39. The number of H-pyrrole nitrogens is 2. The summed E-state index contributed by atoms with van der Waals surface area (Å²) < 4.78 is 0.667. The molecular formula is C29H27Cl3N4S2. The Balaban J connectivity index is 0.000000155. The smallest absolute Gasteiger partial charge is 0.126 e. The molecule has 2 aromatic carbocycles. The number of nitrogens with zero attached hydrogens (tertiary/aromatic N) is 2. The molecule has 4 aromatic heterocycles. The van der Waals surface area contributed by atoms with Gasteiger partial charge < -0.3 is 9.97 Å². The molecule has 0 amide bonds. The van der Waals surface area contributed by atoms with Gasteiger partial charge in [0.25, 0.3) is 0 Å². The third-order valence-electron chi connectivity index (χ3n) is 6.26. The minimum atomic E-state index is 0.462. The van der Waals surface area contributed by atoms with Gasteiger partial charge in [0.05, 0.1) is 16.2 Å². The SMILES string of the molecule is CC(C)c1cc2cc(Cl)c(-c3ncc(Cl)s3)cc2[nH]1.Cc1cnc(-c2cc3[nH]c(C(C)C)cc3cc2Cl)s1. The van der Waals surface area contributed by atoms with Crippen molar-refractivity contribution in [1.82, 2.24) is 19.9 Å². The second-order valence-corrected chi connectivity index (χ2v) is 13.6. The summed E-state index contributed by atoms with van der Waals surface area (Å²) >= 11 is 21.8. The van der Waals surface area contributed by atoms with E-state index in [1.165, 1.54) is 27.6 Å². The average molecular weight is 602 g/mol. The Labute approximate surface area is 245 Å². The fourth-order valence-electron chi connectivity index (χ4n) is 4.16. The molecule has 6 aromatic rings. The second kappa shape index (κ2) is 11.0. The Hall–Kier alpha value is -2.35. The van der Waals surface area contributed by atoms with E-state index >= 15 is 0 Å². The van der Waals surface area contributed by atoms with Crippen LogP contribution in [-0.2, 0) is 0 Å². The first-order valence-electron chi connectivity index (χ1n) is 12.3. The Morgan fingerprint density at radius 3 is 1.53 bits per heavy atom. The minimum absolute atomic E-state index is 0.462. The zero-order valence-electron chi connectivity index (χ0n) is 21.6. The monoisotopic (exact) mass is 600 g/mol. The number of halogens is 3. The molecule has 9 heteroatoms. The molecule has 0 unspecified atom stereocenters. The maximum Gasteiger partial charge on any atom is 0.126 e. The van der Waals surface area contributed by atoms with E-state index in [9.17, 15) is 0 Å². The number of hydrogen-bond acceptors (Lipinski definition) is 4. The van der Waals surface area contributed by atoms with E-state index in [1.54, 1.807) is 17.5 Å². The summed E-state index contributed by atoms with van der Waals surface area (Å²) in [6.07, 6.45) is 3.53. The van der Waals surface area contributed by atoms with Crippen LogP contribution in [0.15, 0.2) is 48.8 Å². The van der Waals surface area contributed by atoms with Gasteiger partial charge >= 0.3 is 0 Å². The van der Waals surface area contributed by atoms with Crippen molar-refractivity contribution in [1.29, 1.82) is 0 Å². The summed E-state index contributed by atoms with van der Waals surface area (Å²) in [4.78, 5) is 16.8. The van der Waals surface area contributed by atoms with E-state index < -0.39 is 0 Å². The highest BCUT2D eigenvalue weighted by Crippen LogP contribution is 2.37. The number of benzene rings is 2. The fraction of sp³-hybridized carbons (Fsp3) is 0.241. The topological polar surface area (TPSA) is 57.4 Å². The highest BCUT2D eigenvalue weighted by atomic mass is 35.5. The van der Waals surface area contributed by atoms with Gasteiger partial charge in [-0.05, 0) is 55.2 Å². The predicted molar refractivity (Wildman–Crippen MR) is 167 cm³/mol. The summed E-state index contributed by atoms with van der Waals surface area (Å²) in [5.41, 5.74) is 6.57. The molecule has 2 N–H and O–H groups in total. The molecule has 0 fully saturated rings. The van der Waals surface area contributed by atoms with Crippen LogP contribution in [0.25, 0.3) is 42.9 Å². The molecule has 0 saturated carbocycles. The average Bonchev–Trinajstić information content (AvgIpc) is 3.64. The van der Waals surface area contributed by atoms with Crippen LogP contribution < -0.4 is 0 Å². The highest BCUT2D eigenvalue weighted by molar-refractivity contribution is 7.19. The lowest BCUT2D eigenvalue weighted by molar-refractivity contribution is 0.836. The molecular weight excluding hydrogens is 575 g/mol. The van der Waals surface area contributed by atoms with E-state index in [1.807, 2.05) is 24.4 Å². The van der Waals surface area contributed by atoms with Crippen LogP contribution in [0.3, 0.4) is 0 Å². The fourth-order valence-corrected chi connectivity index (χ4v) is 6.53. The molecule has 38 heavy (non-hydrogen) atoms. The molecule has 0 aliphatic carbocycles. The minimum Gasteiger partial charge on any atom is -0.358 e. The number of aromatic amines is 2. The lowest BCUT2D eigenvalue weighted by Crippen LogP contribution is -1.84. The molecule has 0 spiro atoms. The third kappa shape index (κ3) is 5.65. The normalized spacial score (nSPS) is 11.6. The zero-order chi connectivity index (χ0) is 27.1. The molecule has 0 aliphatic heterocycles. The number of hydrogen-bond donors (Lipinski definition) is 2. The van der Waals surface area contributed by atoms with Crippen molar-refractivity contribution in [3.8, 4) is 21.1 Å². The standard InChI is InChI=1S/C15H15ClN2S.C14H12Cl2N2S/c1-8(2)13-5-10-4-12(16)11(6-14(10)18-13)15-17-7-9(3)19-15;1-7(2)11-4-8-3-10(15)9(5-12(8)18-11)14-17-6-13(16)19-14/h4-8,18H,1-3H3;3-7,18H,1-2H3. The van der Waals surface area contributed by atoms with Crippen LogP contribution in [0, 0.1) is 6.92 Å². The number of aromatic nitrogens is 4. The largest absolute Gasteiger partial charge is 0.358 e. The maximum atomic E-state index is 6.39. The number of thiazole rings is 2. The molecule has 0 atom stereocenters. The summed E-state index contributed by atoms with van der Waals surface area (Å²) in [6.45, 7) is 10.7.